The van der Waals surface area contributed by atoms with E-state index in [4.69, 9.17) is 4.74 Å². The van der Waals surface area contributed by atoms with Gasteiger partial charge in [0, 0.05) is 19.6 Å². The van der Waals surface area contributed by atoms with E-state index in [2.05, 4.69) is 5.32 Å². The number of methoxy groups -OCH3 is 1. The predicted octanol–water partition coefficient (Wildman–Crippen LogP) is 0.766. The van der Waals surface area contributed by atoms with Crippen molar-refractivity contribution in [2.24, 2.45) is 0 Å². The first kappa shape index (κ1) is 15.9. The van der Waals surface area contributed by atoms with Crippen LogP contribution in [-0.2, 0) is 14.8 Å². The Bertz CT molecular complexity index is 620. The van der Waals surface area contributed by atoms with Crippen LogP contribution in [0.3, 0.4) is 0 Å². The van der Waals surface area contributed by atoms with Gasteiger partial charge in [-0.05, 0) is 37.6 Å². The number of sulfonamides is 1. The molecule has 1 fully saturated rings. The average molecular weight is 312 g/mol. The molecular formula is C14H20N2O4S. The van der Waals surface area contributed by atoms with Crippen molar-refractivity contribution >= 4 is 16.0 Å². The highest BCUT2D eigenvalue weighted by atomic mass is 32.2. The molecule has 116 valence electrons. The van der Waals surface area contributed by atoms with E-state index in [0.29, 0.717) is 25.2 Å². The molecule has 0 atom stereocenters. The summed E-state index contributed by atoms with van der Waals surface area (Å²) in [6, 6.07) is 4.68. The third-order valence-electron chi connectivity index (χ3n) is 3.61. The number of hydrogen-bond acceptors (Lipinski definition) is 5. The average Bonchev–Trinajstić information content (AvgIpc) is 2.76. The van der Waals surface area contributed by atoms with Crippen LogP contribution in [-0.4, -0.2) is 52.0 Å². The summed E-state index contributed by atoms with van der Waals surface area (Å²) < 4.78 is 31.7. The molecule has 1 aromatic rings. The SMILES string of the molecule is COC(=O)c1cccc(S(=O)(=O)N2CCCNCC2)c1C. The summed E-state index contributed by atoms with van der Waals surface area (Å²) in [5.41, 5.74) is 0.716. The Morgan fingerprint density at radius 2 is 2.05 bits per heavy atom. The van der Waals surface area contributed by atoms with E-state index in [0.717, 1.165) is 13.0 Å². The van der Waals surface area contributed by atoms with Crippen LogP contribution in [0.25, 0.3) is 0 Å². The minimum atomic E-state index is -3.59. The van der Waals surface area contributed by atoms with Gasteiger partial charge >= 0.3 is 5.97 Å². The third kappa shape index (κ3) is 3.25. The van der Waals surface area contributed by atoms with Gasteiger partial charge in [-0.25, -0.2) is 13.2 Å². The zero-order valence-corrected chi connectivity index (χ0v) is 13.1. The predicted molar refractivity (Wildman–Crippen MR) is 78.8 cm³/mol. The van der Waals surface area contributed by atoms with Crippen molar-refractivity contribution in [2.45, 2.75) is 18.2 Å². The molecule has 21 heavy (non-hydrogen) atoms. The highest BCUT2D eigenvalue weighted by Gasteiger charge is 2.28. The summed E-state index contributed by atoms with van der Waals surface area (Å²) in [5, 5.41) is 3.17. The van der Waals surface area contributed by atoms with Crippen LogP contribution in [0.1, 0.15) is 22.3 Å². The standard InChI is InChI=1S/C14H20N2O4S/c1-11-12(14(17)20-2)5-3-6-13(11)21(18,19)16-9-4-7-15-8-10-16/h3,5-6,15H,4,7-10H2,1-2H3. The molecule has 2 rings (SSSR count). The van der Waals surface area contributed by atoms with Crippen LogP contribution in [0.2, 0.25) is 0 Å². The lowest BCUT2D eigenvalue weighted by molar-refractivity contribution is 0.0599. The minimum Gasteiger partial charge on any atom is -0.465 e. The number of nitrogens with one attached hydrogen (secondary N) is 1. The Kier molecular flexibility index (Phi) is 4.97. The zero-order valence-electron chi connectivity index (χ0n) is 12.3. The maximum absolute atomic E-state index is 12.8. The van der Waals surface area contributed by atoms with Gasteiger partial charge in [0.2, 0.25) is 10.0 Å². The van der Waals surface area contributed by atoms with Gasteiger partial charge in [0.05, 0.1) is 17.6 Å². The van der Waals surface area contributed by atoms with Gasteiger partial charge in [0.25, 0.3) is 0 Å². The van der Waals surface area contributed by atoms with Gasteiger partial charge in [0.15, 0.2) is 0 Å². The smallest absolute Gasteiger partial charge is 0.338 e. The Balaban J connectivity index is 2.42. The van der Waals surface area contributed by atoms with Crippen LogP contribution in [0.5, 0.6) is 0 Å². The molecule has 1 heterocycles. The maximum atomic E-state index is 12.8. The molecule has 0 amide bonds. The second-order valence-electron chi connectivity index (χ2n) is 4.93. The maximum Gasteiger partial charge on any atom is 0.338 e. The van der Waals surface area contributed by atoms with Crippen LogP contribution < -0.4 is 5.32 Å². The van der Waals surface area contributed by atoms with Gasteiger partial charge in [-0.2, -0.15) is 4.31 Å². The Labute approximate surface area is 125 Å². The summed E-state index contributed by atoms with van der Waals surface area (Å²) in [6.45, 7) is 4.00. The van der Waals surface area contributed by atoms with E-state index in [1.54, 1.807) is 19.1 Å². The summed E-state index contributed by atoms with van der Waals surface area (Å²) in [6.07, 6.45) is 0.773. The van der Waals surface area contributed by atoms with Gasteiger partial charge in [-0.1, -0.05) is 6.07 Å². The fourth-order valence-corrected chi connectivity index (χ4v) is 4.15. The highest BCUT2D eigenvalue weighted by Crippen LogP contribution is 2.23. The van der Waals surface area contributed by atoms with Gasteiger partial charge in [-0.3, -0.25) is 0 Å². The first-order valence-electron chi connectivity index (χ1n) is 6.87. The highest BCUT2D eigenvalue weighted by molar-refractivity contribution is 7.89. The van der Waals surface area contributed by atoms with Crippen LogP contribution in [0.4, 0.5) is 0 Å². The van der Waals surface area contributed by atoms with Crippen molar-refractivity contribution in [1.82, 2.24) is 9.62 Å². The third-order valence-corrected chi connectivity index (χ3v) is 5.65. The second kappa shape index (κ2) is 6.55. The molecule has 7 heteroatoms. The number of rotatable bonds is 3. The normalized spacial score (nSPS) is 17.2. The molecule has 6 nitrogen and oxygen atoms in total. The van der Waals surface area contributed by atoms with E-state index >= 15 is 0 Å². The Morgan fingerprint density at radius 1 is 1.29 bits per heavy atom. The van der Waals surface area contributed by atoms with Gasteiger partial charge in [-0.15, -0.1) is 0 Å². The Morgan fingerprint density at radius 3 is 2.76 bits per heavy atom. The molecule has 0 saturated carbocycles. The lowest BCUT2D eigenvalue weighted by atomic mass is 10.1. The lowest BCUT2D eigenvalue weighted by Crippen LogP contribution is -2.34. The summed E-state index contributed by atoms with van der Waals surface area (Å²) in [5.74, 6) is -0.526. The minimum absolute atomic E-state index is 0.173. The molecule has 0 radical (unpaired) electrons. The van der Waals surface area contributed by atoms with Crippen molar-refractivity contribution in [1.29, 1.82) is 0 Å². The number of esters is 1. The molecule has 0 bridgehead atoms. The zero-order chi connectivity index (χ0) is 15.5. The van der Waals surface area contributed by atoms with Crippen LogP contribution >= 0.6 is 0 Å². The number of carbonyl (C=O) groups is 1. The number of hydrogen-bond donors (Lipinski definition) is 1. The van der Waals surface area contributed by atoms with E-state index in [9.17, 15) is 13.2 Å². The van der Waals surface area contributed by atoms with Gasteiger partial charge < -0.3 is 10.1 Å². The Hall–Kier alpha value is -1.44. The quantitative estimate of drug-likeness (QED) is 0.834. The topological polar surface area (TPSA) is 75.7 Å². The summed E-state index contributed by atoms with van der Waals surface area (Å²) in [4.78, 5) is 11.9. The molecule has 0 unspecified atom stereocenters. The molecule has 1 aliphatic rings. The monoisotopic (exact) mass is 312 g/mol. The number of ether oxygens (including phenoxy) is 1. The van der Waals surface area contributed by atoms with E-state index in [-0.39, 0.29) is 10.5 Å². The molecule has 1 N–H and O–H groups in total. The first-order valence-corrected chi connectivity index (χ1v) is 8.31. The van der Waals surface area contributed by atoms with Crippen molar-refractivity contribution in [2.75, 3.05) is 33.3 Å². The van der Waals surface area contributed by atoms with Crippen molar-refractivity contribution < 1.29 is 17.9 Å². The van der Waals surface area contributed by atoms with E-state index in [1.807, 2.05) is 0 Å². The number of nitrogens with zero attached hydrogens (tertiary/aromatic N) is 1. The van der Waals surface area contributed by atoms with Crippen molar-refractivity contribution in [3.8, 4) is 0 Å². The number of benzene rings is 1. The second-order valence-corrected chi connectivity index (χ2v) is 6.83. The van der Waals surface area contributed by atoms with Crippen LogP contribution in [0.15, 0.2) is 23.1 Å². The first-order chi connectivity index (χ1) is 9.98. The largest absolute Gasteiger partial charge is 0.465 e. The fraction of sp³-hybridized carbons (Fsp3) is 0.500. The molecule has 0 aromatic heterocycles. The fourth-order valence-electron chi connectivity index (χ4n) is 2.43. The molecular weight excluding hydrogens is 292 g/mol. The molecule has 0 spiro atoms. The molecule has 1 aliphatic heterocycles. The molecule has 1 saturated heterocycles. The molecule has 0 aliphatic carbocycles. The van der Waals surface area contributed by atoms with Crippen molar-refractivity contribution in [3.63, 3.8) is 0 Å². The summed E-state index contributed by atoms with van der Waals surface area (Å²) >= 11 is 0. The summed E-state index contributed by atoms with van der Waals surface area (Å²) in [7, 11) is -2.31. The lowest BCUT2D eigenvalue weighted by Gasteiger charge is -2.21. The van der Waals surface area contributed by atoms with Crippen LogP contribution in [0, 0.1) is 6.92 Å². The van der Waals surface area contributed by atoms with E-state index < -0.39 is 16.0 Å². The number of carbonyl (C=O) groups excluding carboxylic acids is 1. The molecule has 1 aromatic carbocycles. The van der Waals surface area contributed by atoms with E-state index in [1.165, 1.54) is 17.5 Å². The van der Waals surface area contributed by atoms with Gasteiger partial charge in [0.1, 0.15) is 0 Å². The van der Waals surface area contributed by atoms with Crippen molar-refractivity contribution in [3.05, 3.63) is 29.3 Å².